The summed E-state index contributed by atoms with van der Waals surface area (Å²) in [6.07, 6.45) is 3.34. The Balaban J connectivity index is 1.76. The molecular formula is C16H23N7O. The summed E-state index contributed by atoms with van der Waals surface area (Å²) in [4.78, 5) is 31.7. The number of rotatable bonds is 3. The molecular weight excluding hydrogens is 306 g/mol. The molecule has 0 radical (unpaired) electrons. The summed E-state index contributed by atoms with van der Waals surface area (Å²) < 4.78 is 1.56. The van der Waals surface area contributed by atoms with Gasteiger partial charge in [-0.05, 0) is 6.92 Å². The van der Waals surface area contributed by atoms with Gasteiger partial charge >= 0.3 is 0 Å². The fourth-order valence-electron chi connectivity index (χ4n) is 2.75. The summed E-state index contributed by atoms with van der Waals surface area (Å²) in [6, 6.07) is 2.00. The fourth-order valence-corrected chi connectivity index (χ4v) is 2.75. The van der Waals surface area contributed by atoms with Crippen LogP contribution in [-0.4, -0.2) is 59.8 Å². The van der Waals surface area contributed by atoms with Crippen molar-refractivity contribution in [1.82, 2.24) is 19.5 Å². The van der Waals surface area contributed by atoms with Gasteiger partial charge in [0.05, 0.1) is 0 Å². The summed E-state index contributed by atoms with van der Waals surface area (Å²) in [6.45, 7) is 5.05. The SMILES string of the molecule is Cc1cc(N2CCN(c3nccn(C)c3=O)CC2)nc(N(C)C)n1. The van der Waals surface area contributed by atoms with E-state index in [1.165, 1.54) is 0 Å². The van der Waals surface area contributed by atoms with Crippen molar-refractivity contribution in [3.8, 4) is 0 Å². The second kappa shape index (κ2) is 6.46. The molecule has 0 unspecified atom stereocenters. The van der Waals surface area contributed by atoms with Crippen molar-refractivity contribution in [3.05, 3.63) is 34.5 Å². The zero-order valence-corrected chi connectivity index (χ0v) is 14.6. The summed E-state index contributed by atoms with van der Waals surface area (Å²) >= 11 is 0. The molecule has 128 valence electrons. The summed E-state index contributed by atoms with van der Waals surface area (Å²) in [5, 5.41) is 0. The second-order valence-corrected chi connectivity index (χ2v) is 6.20. The van der Waals surface area contributed by atoms with Crippen LogP contribution in [0.25, 0.3) is 0 Å². The van der Waals surface area contributed by atoms with Gasteiger partial charge in [0.2, 0.25) is 5.95 Å². The number of hydrogen-bond donors (Lipinski definition) is 0. The number of anilines is 3. The Labute approximate surface area is 141 Å². The quantitative estimate of drug-likeness (QED) is 0.800. The lowest BCUT2D eigenvalue weighted by molar-refractivity contribution is 0.633. The van der Waals surface area contributed by atoms with Crippen LogP contribution in [0, 0.1) is 6.92 Å². The van der Waals surface area contributed by atoms with Gasteiger partial charge in [-0.1, -0.05) is 0 Å². The topological polar surface area (TPSA) is 70.4 Å². The molecule has 0 atom stereocenters. The highest BCUT2D eigenvalue weighted by atomic mass is 16.1. The van der Waals surface area contributed by atoms with Crippen LogP contribution >= 0.6 is 0 Å². The monoisotopic (exact) mass is 329 g/mol. The molecule has 8 nitrogen and oxygen atoms in total. The summed E-state index contributed by atoms with van der Waals surface area (Å²) in [7, 11) is 5.62. The van der Waals surface area contributed by atoms with E-state index in [0.717, 1.165) is 37.7 Å². The first kappa shape index (κ1) is 16.2. The Bertz CT molecular complexity index is 778. The van der Waals surface area contributed by atoms with E-state index in [9.17, 15) is 4.79 Å². The van der Waals surface area contributed by atoms with Gasteiger partial charge in [0, 0.05) is 71.5 Å². The third kappa shape index (κ3) is 3.17. The smallest absolute Gasteiger partial charge is 0.293 e. The molecule has 3 rings (SSSR count). The lowest BCUT2D eigenvalue weighted by atomic mass is 10.3. The highest BCUT2D eigenvalue weighted by Gasteiger charge is 2.22. The molecule has 0 aliphatic carbocycles. The van der Waals surface area contributed by atoms with Crippen molar-refractivity contribution in [2.75, 3.05) is 55.0 Å². The van der Waals surface area contributed by atoms with Crippen LogP contribution in [0.2, 0.25) is 0 Å². The van der Waals surface area contributed by atoms with Crippen molar-refractivity contribution < 1.29 is 0 Å². The molecule has 0 amide bonds. The van der Waals surface area contributed by atoms with Crippen LogP contribution in [0.5, 0.6) is 0 Å². The van der Waals surface area contributed by atoms with E-state index in [-0.39, 0.29) is 5.56 Å². The van der Waals surface area contributed by atoms with Crippen molar-refractivity contribution in [1.29, 1.82) is 0 Å². The van der Waals surface area contributed by atoms with Gasteiger partial charge in [-0.3, -0.25) is 4.79 Å². The van der Waals surface area contributed by atoms with Gasteiger partial charge < -0.3 is 19.3 Å². The van der Waals surface area contributed by atoms with E-state index < -0.39 is 0 Å². The van der Waals surface area contributed by atoms with Crippen molar-refractivity contribution in [2.24, 2.45) is 7.05 Å². The van der Waals surface area contributed by atoms with E-state index in [1.807, 2.05) is 36.9 Å². The maximum absolute atomic E-state index is 12.2. The van der Waals surface area contributed by atoms with Gasteiger partial charge in [-0.2, -0.15) is 4.98 Å². The van der Waals surface area contributed by atoms with Crippen LogP contribution in [-0.2, 0) is 7.05 Å². The minimum atomic E-state index is -0.0567. The Kier molecular flexibility index (Phi) is 4.37. The molecule has 1 aliphatic rings. The average molecular weight is 329 g/mol. The Morgan fingerprint density at radius 2 is 1.75 bits per heavy atom. The third-order valence-corrected chi connectivity index (χ3v) is 4.13. The first-order valence-electron chi connectivity index (χ1n) is 8.00. The van der Waals surface area contributed by atoms with Gasteiger partial charge in [-0.15, -0.1) is 0 Å². The normalized spacial score (nSPS) is 14.8. The lowest BCUT2D eigenvalue weighted by Crippen LogP contribution is -2.49. The highest BCUT2D eigenvalue weighted by molar-refractivity contribution is 5.48. The van der Waals surface area contributed by atoms with Crippen LogP contribution < -0.4 is 20.3 Å². The van der Waals surface area contributed by atoms with Crippen LogP contribution in [0.15, 0.2) is 23.3 Å². The molecule has 1 fully saturated rings. The first-order chi connectivity index (χ1) is 11.5. The van der Waals surface area contributed by atoms with Gasteiger partial charge in [0.15, 0.2) is 5.82 Å². The Hall–Kier alpha value is -2.64. The zero-order valence-electron chi connectivity index (χ0n) is 14.6. The fraction of sp³-hybridized carbons (Fsp3) is 0.500. The zero-order chi connectivity index (χ0) is 17.3. The molecule has 0 spiro atoms. The van der Waals surface area contributed by atoms with Crippen molar-refractivity contribution in [2.45, 2.75) is 6.92 Å². The van der Waals surface area contributed by atoms with Gasteiger partial charge in [-0.25, -0.2) is 9.97 Å². The number of hydrogen-bond acceptors (Lipinski definition) is 7. The molecule has 1 saturated heterocycles. The largest absolute Gasteiger partial charge is 0.353 e. The predicted octanol–water partition coefficient (Wildman–Crippen LogP) is 0.271. The predicted molar refractivity (Wildman–Crippen MR) is 95.0 cm³/mol. The molecule has 8 heteroatoms. The third-order valence-electron chi connectivity index (χ3n) is 4.13. The van der Waals surface area contributed by atoms with E-state index in [4.69, 9.17) is 0 Å². The molecule has 24 heavy (non-hydrogen) atoms. The maximum Gasteiger partial charge on any atom is 0.293 e. The van der Waals surface area contributed by atoms with Crippen molar-refractivity contribution in [3.63, 3.8) is 0 Å². The highest BCUT2D eigenvalue weighted by Crippen LogP contribution is 2.19. The molecule has 0 saturated carbocycles. The summed E-state index contributed by atoms with van der Waals surface area (Å²) in [5.74, 6) is 2.17. The Morgan fingerprint density at radius 1 is 1.08 bits per heavy atom. The van der Waals surface area contributed by atoms with E-state index in [2.05, 4.69) is 19.9 Å². The minimum absolute atomic E-state index is 0.0567. The maximum atomic E-state index is 12.2. The van der Waals surface area contributed by atoms with E-state index in [1.54, 1.807) is 24.0 Å². The molecule has 3 heterocycles. The lowest BCUT2D eigenvalue weighted by Gasteiger charge is -2.36. The molecule has 0 aromatic carbocycles. The minimum Gasteiger partial charge on any atom is -0.353 e. The van der Waals surface area contributed by atoms with Crippen LogP contribution in [0.3, 0.4) is 0 Å². The van der Waals surface area contributed by atoms with Gasteiger partial charge in [0.25, 0.3) is 5.56 Å². The Morgan fingerprint density at radius 3 is 2.42 bits per heavy atom. The van der Waals surface area contributed by atoms with Gasteiger partial charge in [0.1, 0.15) is 5.82 Å². The molecule has 1 aliphatic heterocycles. The molecule has 2 aromatic heterocycles. The number of nitrogens with zero attached hydrogens (tertiary/aromatic N) is 7. The standard InChI is InChI=1S/C16H23N7O/c1-12-11-13(19-16(18-12)20(2)3)22-7-9-23(10-8-22)14-15(24)21(4)6-5-17-14/h5-6,11H,7-10H2,1-4H3. The van der Waals surface area contributed by atoms with Crippen LogP contribution in [0.4, 0.5) is 17.6 Å². The molecule has 0 bridgehead atoms. The second-order valence-electron chi connectivity index (χ2n) is 6.20. The van der Waals surface area contributed by atoms with E-state index in [0.29, 0.717) is 11.8 Å². The van der Waals surface area contributed by atoms with Crippen LogP contribution in [0.1, 0.15) is 5.69 Å². The molecule has 2 aromatic rings. The molecule has 0 N–H and O–H groups in total. The average Bonchev–Trinajstić information content (AvgIpc) is 2.57. The first-order valence-corrected chi connectivity index (χ1v) is 8.00. The number of piperazine rings is 1. The number of aromatic nitrogens is 4. The van der Waals surface area contributed by atoms with E-state index >= 15 is 0 Å². The van der Waals surface area contributed by atoms with Crippen molar-refractivity contribution >= 4 is 17.6 Å². The number of aryl methyl sites for hydroxylation is 2. The summed E-state index contributed by atoms with van der Waals surface area (Å²) in [5.41, 5.74) is 0.892.